The molecule has 0 aliphatic heterocycles. The number of anilines is 1. The van der Waals surface area contributed by atoms with Gasteiger partial charge in [0.05, 0.1) is 16.2 Å². The zero-order chi connectivity index (χ0) is 16.9. The molecular weight excluding hydrogens is 378 g/mol. The minimum absolute atomic E-state index is 0.0477. The SMILES string of the molecule is CCCCS(=O)(=O)c1ccccc1C(=O)Nc1ccc(Br)cc1. The first-order valence-corrected chi connectivity index (χ1v) is 9.77. The van der Waals surface area contributed by atoms with Crippen molar-refractivity contribution in [2.75, 3.05) is 11.1 Å². The monoisotopic (exact) mass is 395 g/mol. The molecule has 2 rings (SSSR count). The number of nitrogens with one attached hydrogen (secondary N) is 1. The summed E-state index contributed by atoms with van der Waals surface area (Å²) >= 11 is 3.33. The Labute approximate surface area is 145 Å². The van der Waals surface area contributed by atoms with Crippen molar-refractivity contribution in [3.63, 3.8) is 0 Å². The van der Waals surface area contributed by atoms with Gasteiger partial charge in [0.1, 0.15) is 0 Å². The van der Waals surface area contributed by atoms with Gasteiger partial charge >= 0.3 is 0 Å². The van der Waals surface area contributed by atoms with Crippen molar-refractivity contribution < 1.29 is 13.2 Å². The first-order chi connectivity index (χ1) is 10.9. The van der Waals surface area contributed by atoms with Gasteiger partial charge in [-0.25, -0.2) is 8.42 Å². The van der Waals surface area contributed by atoms with E-state index in [9.17, 15) is 13.2 Å². The number of amides is 1. The smallest absolute Gasteiger partial charge is 0.256 e. The number of hydrogen-bond donors (Lipinski definition) is 1. The van der Waals surface area contributed by atoms with E-state index in [0.717, 1.165) is 10.9 Å². The lowest BCUT2D eigenvalue weighted by atomic mass is 10.2. The molecule has 0 radical (unpaired) electrons. The Bertz CT molecular complexity index is 786. The van der Waals surface area contributed by atoms with Gasteiger partial charge in [-0.3, -0.25) is 4.79 Å². The Morgan fingerprint density at radius 1 is 1.09 bits per heavy atom. The van der Waals surface area contributed by atoms with Crippen molar-refractivity contribution in [2.45, 2.75) is 24.7 Å². The molecule has 0 aliphatic rings. The molecule has 2 aromatic rings. The van der Waals surface area contributed by atoms with Crippen molar-refractivity contribution in [3.05, 3.63) is 58.6 Å². The van der Waals surface area contributed by atoms with Crippen LogP contribution in [0.1, 0.15) is 30.1 Å². The standard InChI is InChI=1S/C17H18BrNO3S/c1-2-3-12-23(21,22)16-7-5-4-6-15(16)17(20)19-14-10-8-13(18)9-11-14/h4-11H,2-3,12H2,1H3,(H,19,20). The van der Waals surface area contributed by atoms with Crippen LogP contribution < -0.4 is 5.32 Å². The summed E-state index contributed by atoms with van der Waals surface area (Å²) in [6.07, 6.45) is 1.36. The number of carbonyl (C=O) groups is 1. The van der Waals surface area contributed by atoms with Gasteiger partial charge in [-0.2, -0.15) is 0 Å². The van der Waals surface area contributed by atoms with Crippen molar-refractivity contribution >= 4 is 37.4 Å². The molecule has 0 bridgehead atoms. The van der Waals surface area contributed by atoms with Gasteiger partial charge in [0.2, 0.25) is 0 Å². The van der Waals surface area contributed by atoms with Crippen LogP contribution in [0.5, 0.6) is 0 Å². The van der Waals surface area contributed by atoms with Crippen LogP contribution >= 0.6 is 15.9 Å². The van der Waals surface area contributed by atoms with Crippen LogP contribution in [0, 0.1) is 0 Å². The van der Waals surface area contributed by atoms with E-state index < -0.39 is 15.7 Å². The van der Waals surface area contributed by atoms with Crippen LogP contribution in [0.3, 0.4) is 0 Å². The van der Waals surface area contributed by atoms with Crippen LogP contribution in [0.2, 0.25) is 0 Å². The summed E-state index contributed by atoms with van der Waals surface area (Å²) in [6, 6.07) is 13.4. The lowest BCUT2D eigenvalue weighted by molar-refractivity contribution is 0.102. The van der Waals surface area contributed by atoms with E-state index in [0.29, 0.717) is 12.1 Å². The summed E-state index contributed by atoms with van der Waals surface area (Å²) in [7, 11) is -3.47. The fourth-order valence-electron chi connectivity index (χ4n) is 2.10. The Balaban J connectivity index is 2.29. The van der Waals surface area contributed by atoms with E-state index in [4.69, 9.17) is 0 Å². The van der Waals surface area contributed by atoms with E-state index in [1.807, 2.05) is 6.92 Å². The van der Waals surface area contributed by atoms with Gasteiger partial charge < -0.3 is 5.32 Å². The molecule has 0 atom stereocenters. The molecule has 1 N–H and O–H groups in total. The molecule has 2 aromatic carbocycles. The Morgan fingerprint density at radius 2 is 1.74 bits per heavy atom. The van der Waals surface area contributed by atoms with Crippen molar-refractivity contribution in [2.24, 2.45) is 0 Å². The predicted octanol–water partition coefficient (Wildman–Crippen LogP) is 4.28. The highest BCUT2D eigenvalue weighted by atomic mass is 79.9. The van der Waals surface area contributed by atoms with Crippen molar-refractivity contribution in [1.29, 1.82) is 0 Å². The first kappa shape index (κ1) is 17.7. The van der Waals surface area contributed by atoms with Gasteiger partial charge in [-0.15, -0.1) is 0 Å². The molecule has 0 aliphatic carbocycles. The molecule has 0 saturated carbocycles. The fourth-order valence-corrected chi connectivity index (χ4v) is 4.04. The van der Waals surface area contributed by atoms with Crippen molar-refractivity contribution in [3.8, 4) is 0 Å². The molecule has 0 saturated heterocycles. The maximum absolute atomic E-state index is 12.5. The van der Waals surface area contributed by atoms with E-state index in [-0.39, 0.29) is 16.2 Å². The molecule has 0 fully saturated rings. The highest BCUT2D eigenvalue weighted by molar-refractivity contribution is 9.10. The van der Waals surface area contributed by atoms with E-state index in [2.05, 4.69) is 21.2 Å². The van der Waals surface area contributed by atoms with E-state index in [1.165, 1.54) is 12.1 Å². The minimum atomic E-state index is -3.47. The number of hydrogen-bond acceptors (Lipinski definition) is 3. The number of unbranched alkanes of at least 4 members (excludes halogenated alkanes) is 1. The minimum Gasteiger partial charge on any atom is -0.322 e. The first-order valence-electron chi connectivity index (χ1n) is 7.33. The molecule has 6 heteroatoms. The quantitative estimate of drug-likeness (QED) is 0.793. The zero-order valence-corrected chi connectivity index (χ0v) is 15.2. The van der Waals surface area contributed by atoms with E-state index >= 15 is 0 Å². The van der Waals surface area contributed by atoms with Crippen LogP contribution in [-0.4, -0.2) is 20.1 Å². The molecule has 23 heavy (non-hydrogen) atoms. The second-order valence-corrected chi connectivity index (χ2v) is 8.12. The molecule has 4 nitrogen and oxygen atoms in total. The Hall–Kier alpha value is -1.66. The van der Waals surface area contributed by atoms with Gasteiger partial charge in [0.25, 0.3) is 5.91 Å². The zero-order valence-electron chi connectivity index (χ0n) is 12.8. The van der Waals surface area contributed by atoms with Gasteiger partial charge in [0, 0.05) is 10.2 Å². The predicted molar refractivity (Wildman–Crippen MR) is 95.5 cm³/mol. The fraction of sp³-hybridized carbons (Fsp3) is 0.235. The number of sulfone groups is 1. The highest BCUT2D eigenvalue weighted by Crippen LogP contribution is 2.20. The van der Waals surface area contributed by atoms with Crippen LogP contribution in [0.25, 0.3) is 0 Å². The maximum Gasteiger partial charge on any atom is 0.256 e. The molecule has 122 valence electrons. The molecule has 1 amide bonds. The third-order valence-electron chi connectivity index (χ3n) is 3.34. The van der Waals surface area contributed by atoms with Crippen molar-refractivity contribution in [1.82, 2.24) is 0 Å². The second-order valence-electron chi connectivity index (χ2n) is 5.13. The average Bonchev–Trinajstić information content (AvgIpc) is 2.55. The third kappa shape index (κ3) is 4.65. The highest BCUT2D eigenvalue weighted by Gasteiger charge is 2.21. The summed E-state index contributed by atoms with van der Waals surface area (Å²) < 4.78 is 25.8. The normalized spacial score (nSPS) is 11.2. The van der Waals surface area contributed by atoms with Gasteiger partial charge in [-0.1, -0.05) is 41.4 Å². The number of rotatable bonds is 6. The number of carbonyl (C=O) groups excluding carboxylic acids is 1. The van der Waals surface area contributed by atoms with Crippen LogP contribution in [0.15, 0.2) is 57.9 Å². The molecule has 0 unspecified atom stereocenters. The van der Waals surface area contributed by atoms with Crippen LogP contribution in [0.4, 0.5) is 5.69 Å². The third-order valence-corrected chi connectivity index (χ3v) is 5.72. The molecule has 0 spiro atoms. The molecular formula is C17H18BrNO3S. The average molecular weight is 396 g/mol. The summed E-state index contributed by atoms with van der Waals surface area (Å²) in [5.41, 5.74) is 0.783. The topological polar surface area (TPSA) is 63.2 Å². The lowest BCUT2D eigenvalue weighted by Crippen LogP contribution is -2.17. The maximum atomic E-state index is 12.5. The summed E-state index contributed by atoms with van der Waals surface area (Å²) in [5, 5.41) is 2.73. The molecule has 0 heterocycles. The largest absolute Gasteiger partial charge is 0.322 e. The Morgan fingerprint density at radius 3 is 2.39 bits per heavy atom. The summed E-state index contributed by atoms with van der Waals surface area (Å²) in [6.45, 7) is 1.93. The molecule has 0 aromatic heterocycles. The van der Waals surface area contributed by atoms with Crippen LogP contribution in [-0.2, 0) is 9.84 Å². The number of benzene rings is 2. The van der Waals surface area contributed by atoms with Gasteiger partial charge in [0.15, 0.2) is 9.84 Å². The second kappa shape index (κ2) is 7.75. The Kier molecular flexibility index (Phi) is 5.96. The summed E-state index contributed by atoms with van der Waals surface area (Å²) in [5.74, 6) is -0.380. The van der Waals surface area contributed by atoms with E-state index in [1.54, 1.807) is 36.4 Å². The van der Waals surface area contributed by atoms with Gasteiger partial charge in [-0.05, 0) is 42.8 Å². The number of halogens is 1. The summed E-state index contributed by atoms with van der Waals surface area (Å²) in [4.78, 5) is 12.5. The lowest BCUT2D eigenvalue weighted by Gasteiger charge is -2.11.